The maximum Gasteiger partial charge on any atom is 0.244 e. The zero-order valence-electron chi connectivity index (χ0n) is 18.5. The molecule has 0 spiro atoms. The second kappa shape index (κ2) is 8.49. The van der Waals surface area contributed by atoms with Crippen LogP contribution in [0.3, 0.4) is 0 Å². The van der Waals surface area contributed by atoms with Crippen LogP contribution in [-0.2, 0) is 14.8 Å². The molecule has 0 unspecified atom stereocenters. The molecule has 0 saturated carbocycles. The molecule has 0 bridgehead atoms. The lowest BCUT2D eigenvalue weighted by Crippen LogP contribution is -2.51. The first-order valence-corrected chi connectivity index (χ1v) is 12.1. The number of carbonyl (C=O) groups excluding carboxylic acids is 1. The van der Waals surface area contributed by atoms with Gasteiger partial charge in [0.25, 0.3) is 0 Å². The van der Waals surface area contributed by atoms with Crippen molar-refractivity contribution in [1.82, 2.24) is 5.32 Å². The van der Waals surface area contributed by atoms with Crippen LogP contribution in [0.2, 0.25) is 0 Å². The first kappa shape index (κ1) is 23.1. The molecule has 6 nitrogen and oxygen atoms in total. The number of hydrogen-bond donors (Lipinski definition) is 1. The van der Waals surface area contributed by atoms with Gasteiger partial charge in [-0.3, -0.25) is 9.10 Å². The summed E-state index contributed by atoms with van der Waals surface area (Å²) < 4.78 is 46.6. The van der Waals surface area contributed by atoms with Gasteiger partial charge in [0, 0.05) is 12.0 Å². The van der Waals surface area contributed by atoms with Gasteiger partial charge in [0.1, 0.15) is 23.2 Å². The van der Waals surface area contributed by atoms with E-state index in [1.165, 1.54) is 18.2 Å². The minimum atomic E-state index is -3.92. The number of aryl methyl sites for hydroxylation is 1. The maximum atomic E-state index is 14.5. The fourth-order valence-corrected chi connectivity index (χ4v) is 5.23. The summed E-state index contributed by atoms with van der Waals surface area (Å²) in [5.41, 5.74) is 1.22. The standard InChI is InChI=1S/C23H29FN2O4S/c1-6-19(26(31(5,28)29)20-10-8-7-9-17(20)24)22(27)25-18-14-23(3,4)30-21-13-15(2)11-12-16(18)21/h7-13,18-19H,6,14H2,1-5H3,(H,25,27)/t18-,19-/m1/s1. The second-order valence-corrected chi connectivity index (χ2v) is 10.5. The zero-order valence-corrected chi connectivity index (χ0v) is 19.3. The number of hydrogen-bond acceptors (Lipinski definition) is 4. The molecule has 1 N–H and O–H groups in total. The van der Waals surface area contributed by atoms with E-state index >= 15 is 0 Å². The smallest absolute Gasteiger partial charge is 0.244 e. The van der Waals surface area contributed by atoms with Crippen LogP contribution in [0.1, 0.15) is 50.8 Å². The molecule has 0 radical (unpaired) electrons. The molecule has 1 aliphatic heterocycles. The van der Waals surface area contributed by atoms with Gasteiger partial charge in [-0.2, -0.15) is 0 Å². The van der Waals surface area contributed by atoms with Crippen LogP contribution in [-0.4, -0.2) is 32.2 Å². The van der Waals surface area contributed by atoms with Crippen molar-refractivity contribution in [2.75, 3.05) is 10.6 Å². The molecule has 8 heteroatoms. The van der Waals surface area contributed by atoms with Crippen LogP contribution in [0.4, 0.5) is 10.1 Å². The third-order valence-corrected chi connectivity index (χ3v) is 6.53. The zero-order chi connectivity index (χ0) is 23.0. The van der Waals surface area contributed by atoms with Gasteiger partial charge in [-0.15, -0.1) is 0 Å². The maximum absolute atomic E-state index is 14.5. The molecule has 2 aromatic rings. The number of fused-ring (bicyclic) bond motifs is 1. The number of halogens is 1. The van der Waals surface area contributed by atoms with E-state index < -0.39 is 33.4 Å². The van der Waals surface area contributed by atoms with E-state index in [-0.39, 0.29) is 18.2 Å². The van der Waals surface area contributed by atoms with Gasteiger partial charge in [-0.05, 0) is 51.0 Å². The molecule has 0 saturated heterocycles. The largest absolute Gasteiger partial charge is 0.487 e. The van der Waals surface area contributed by atoms with Gasteiger partial charge in [-0.25, -0.2) is 12.8 Å². The highest BCUT2D eigenvalue weighted by Gasteiger charge is 2.38. The first-order valence-electron chi connectivity index (χ1n) is 10.3. The summed E-state index contributed by atoms with van der Waals surface area (Å²) in [5, 5.41) is 3.00. The average Bonchev–Trinajstić information content (AvgIpc) is 2.64. The number of amides is 1. The van der Waals surface area contributed by atoms with Crippen molar-refractivity contribution in [3.05, 3.63) is 59.4 Å². The highest BCUT2D eigenvalue weighted by Crippen LogP contribution is 2.40. The van der Waals surface area contributed by atoms with Gasteiger partial charge >= 0.3 is 0 Å². The Morgan fingerprint density at radius 1 is 1.29 bits per heavy atom. The van der Waals surface area contributed by atoms with Gasteiger partial charge in [-0.1, -0.05) is 31.2 Å². The molecule has 2 aromatic carbocycles. The molecule has 1 amide bonds. The Hall–Kier alpha value is -2.61. The normalized spacial score (nSPS) is 18.5. The highest BCUT2D eigenvalue weighted by atomic mass is 32.2. The molecule has 0 aromatic heterocycles. The topological polar surface area (TPSA) is 75.7 Å². The molecule has 2 atom stereocenters. The number of sulfonamides is 1. The lowest BCUT2D eigenvalue weighted by Gasteiger charge is -2.39. The lowest BCUT2D eigenvalue weighted by atomic mass is 9.89. The van der Waals surface area contributed by atoms with Crippen LogP contribution in [0.15, 0.2) is 42.5 Å². The Kier molecular flexibility index (Phi) is 6.32. The molecule has 168 valence electrons. The minimum Gasteiger partial charge on any atom is -0.487 e. The summed E-state index contributed by atoms with van der Waals surface area (Å²) in [6.45, 7) is 7.55. The Morgan fingerprint density at radius 3 is 2.58 bits per heavy atom. The summed E-state index contributed by atoms with van der Waals surface area (Å²) in [5.74, 6) is -0.485. The van der Waals surface area contributed by atoms with Crippen molar-refractivity contribution in [3.8, 4) is 5.75 Å². The van der Waals surface area contributed by atoms with Crippen molar-refractivity contribution >= 4 is 21.6 Å². The summed E-state index contributed by atoms with van der Waals surface area (Å²) in [4.78, 5) is 13.3. The number of nitrogens with one attached hydrogen (secondary N) is 1. The Labute approximate surface area is 183 Å². The molecule has 3 rings (SSSR count). The first-order chi connectivity index (χ1) is 14.4. The molecule has 1 heterocycles. The summed E-state index contributed by atoms with van der Waals surface area (Å²) >= 11 is 0. The number of benzene rings is 2. The second-order valence-electron chi connectivity index (χ2n) is 8.60. The van der Waals surface area contributed by atoms with E-state index in [4.69, 9.17) is 4.74 Å². The van der Waals surface area contributed by atoms with Gasteiger partial charge in [0.05, 0.1) is 18.0 Å². The number of ether oxygens (including phenoxy) is 1. The Balaban J connectivity index is 1.96. The van der Waals surface area contributed by atoms with Crippen molar-refractivity contribution < 1.29 is 22.3 Å². The van der Waals surface area contributed by atoms with E-state index in [9.17, 15) is 17.6 Å². The van der Waals surface area contributed by atoms with Crippen molar-refractivity contribution in [3.63, 3.8) is 0 Å². The molecule has 0 aliphatic carbocycles. The minimum absolute atomic E-state index is 0.143. The fourth-order valence-electron chi connectivity index (χ4n) is 4.02. The van der Waals surface area contributed by atoms with Crippen LogP contribution < -0.4 is 14.4 Å². The predicted octanol–water partition coefficient (Wildman–Crippen LogP) is 4.10. The number of carbonyl (C=O) groups is 1. The van der Waals surface area contributed by atoms with Crippen molar-refractivity contribution in [1.29, 1.82) is 0 Å². The third-order valence-electron chi connectivity index (χ3n) is 5.36. The monoisotopic (exact) mass is 448 g/mol. The van der Waals surface area contributed by atoms with E-state index in [1.54, 1.807) is 13.0 Å². The van der Waals surface area contributed by atoms with Gasteiger partial charge < -0.3 is 10.1 Å². The molecule has 0 fully saturated rings. The fraction of sp³-hybridized carbons (Fsp3) is 0.435. The van der Waals surface area contributed by atoms with Crippen LogP contribution in [0.5, 0.6) is 5.75 Å². The van der Waals surface area contributed by atoms with E-state index in [1.807, 2.05) is 39.0 Å². The van der Waals surface area contributed by atoms with Crippen molar-refractivity contribution in [2.45, 2.75) is 58.2 Å². The summed E-state index contributed by atoms with van der Waals surface area (Å²) in [6, 6.07) is 9.89. The molecule has 31 heavy (non-hydrogen) atoms. The Bertz CT molecular complexity index is 1080. The van der Waals surface area contributed by atoms with Crippen molar-refractivity contribution in [2.24, 2.45) is 0 Å². The lowest BCUT2D eigenvalue weighted by molar-refractivity contribution is -0.123. The SMILES string of the molecule is CC[C@H](C(=O)N[C@@H]1CC(C)(C)Oc2cc(C)ccc21)N(c1ccccc1F)S(C)(=O)=O. The molecular weight excluding hydrogens is 419 g/mol. The van der Waals surface area contributed by atoms with Gasteiger partial charge in [0.15, 0.2) is 0 Å². The van der Waals surface area contributed by atoms with E-state index in [2.05, 4.69) is 5.32 Å². The van der Waals surface area contributed by atoms with Crippen LogP contribution >= 0.6 is 0 Å². The van der Waals surface area contributed by atoms with E-state index in [0.717, 1.165) is 21.7 Å². The number of anilines is 1. The quantitative estimate of drug-likeness (QED) is 0.722. The third kappa shape index (κ3) is 5.01. The summed E-state index contributed by atoms with van der Waals surface area (Å²) in [7, 11) is -3.92. The number of nitrogens with zero attached hydrogens (tertiary/aromatic N) is 1. The number of rotatable bonds is 6. The van der Waals surface area contributed by atoms with Gasteiger partial charge in [0.2, 0.25) is 15.9 Å². The summed E-state index contributed by atoms with van der Waals surface area (Å²) in [6.07, 6.45) is 1.68. The average molecular weight is 449 g/mol. The van der Waals surface area contributed by atoms with E-state index in [0.29, 0.717) is 12.2 Å². The number of para-hydroxylation sites is 1. The van der Waals surface area contributed by atoms with Crippen LogP contribution in [0.25, 0.3) is 0 Å². The highest BCUT2D eigenvalue weighted by molar-refractivity contribution is 7.92. The predicted molar refractivity (Wildman–Crippen MR) is 119 cm³/mol. The molecule has 1 aliphatic rings. The Morgan fingerprint density at radius 2 is 1.97 bits per heavy atom. The van der Waals surface area contributed by atoms with Crippen LogP contribution in [0, 0.1) is 12.7 Å². The molecular formula is C23H29FN2O4S.